The van der Waals surface area contributed by atoms with Gasteiger partial charge in [0.15, 0.2) is 5.69 Å². The molecule has 2 heterocycles. The first-order valence-electron chi connectivity index (χ1n) is 12.4. The molecule has 3 aromatic rings. The van der Waals surface area contributed by atoms with E-state index in [1.807, 2.05) is 13.8 Å². The van der Waals surface area contributed by atoms with Crippen LogP contribution in [0.15, 0.2) is 48.5 Å². The summed E-state index contributed by atoms with van der Waals surface area (Å²) in [4.78, 5) is 38.7. The molecule has 2 aromatic carbocycles. The Hall–Kier alpha value is -3.75. The van der Waals surface area contributed by atoms with Crippen LogP contribution in [0, 0.1) is 11.7 Å². The molecule has 1 atom stereocenters. The average Bonchev–Trinajstić information content (AvgIpc) is 2.88. The van der Waals surface area contributed by atoms with E-state index in [1.54, 1.807) is 41.3 Å². The van der Waals surface area contributed by atoms with Crippen LogP contribution in [0.4, 0.5) is 10.1 Å². The summed E-state index contributed by atoms with van der Waals surface area (Å²) in [7, 11) is 0. The Kier molecular flexibility index (Phi) is 7.67. The fraction of sp³-hybridized carbons (Fsp3) is 0.407. The van der Waals surface area contributed by atoms with Crippen LogP contribution in [0.1, 0.15) is 44.1 Å². The number of benzene rings is 2. The van der Waals surface area contributed by atoms with Crippen LogP contribution in [0.25, 0.3) is 11.0 Å². The summed E-state index contributed by atoms with van der Waals surface area (Å²) < 4.78 is 13.4. The monoisotopic (exact) mass is 493 g/mol. The summed E-state index contributed by atoms with van der Waals surface area (Å²) in [5.74, 6) is -1.69. The number of nitrogens with one attached hydrogen (secondary N) is 1. The fourth-order valence-electron chi connectivity index (χ4n) is 4.74. The van der Waals surface area contributed by atoms with Gasteiger partial charge in [0.25, 0.3) is 5.91 Å². The number of amides is 2. The molecule has 0 unspecified atom stereocenters. The minimum absolute atomic E-state index is 0.158. The molecule has 0 radical (unpaired) electrons. The number of aromatic hydroxyl groups is 1. The highest BCUT2D eigenvalue weighted by atomic mass is 19.1. The first-order chi connectivity index (χ1) is 17.3. The van der Waals surface area contributed by atoms with Gasteiger partial charge in [-0.1, -0.05) is 26.0 Å². The van der Waals surface area contributed by atoms with Gasteiger partial charge in [0, 0.05) is 31.4 Å². The average molecular weight is 494 g/mol. The number of carbonyl (C=O) groups excluding carboxylic acids is 2. The molecule has 1 aromatic heterocycles. The van der Waals surface area contributed by atoms with Crippen LogP contribution < -0.4 is 10.2 Å². The Balaban J connectivity index is 1.43. The fourth-order valence-corrected chi connectivity index (χ4v) is 4.74. The summed E-state index contributed by atoms with van der Waals surface area (Å²) >= 11 is 0. The third-order valence-corrected chi connectivity index (χ3v) is 6.70. The maximum Gasteiger partial charge on any atom is 0.276 e. The highest BCUT2D eigenvalue weighted by Crippen LogP contribution is 2.25. The molecule has 2 N–H and O–H groups in total. The quantitative estimate of drug-likeness (QED) is 0.520. The van der Waals surface area contributed by atoms with E-state index in [0.717, 1.165) is 25.1 Å². The number of halogens is 1. The minimum Gasteiger partial charge on any atom is -0.492 e. The van der Waals surface area contributed by atoms with Crippen molar-refractivity contribution in [1.82, 2.24) is 20.2 Å². The van der Waals surface area contributed by atoms with Crippen molar-refractivity contribution in [2.24, 2.45) is 5.92 Å². The number of aromatic nitrogens is 2. The predicted molar refractivity (Wildman–Crippen MR) is 136 cm³/mol. The molecule has 8 nitrogen and oxygen atoms in total. The molecule has 0 aliphatic carbocycles. The maximum absolute atomic E-state index is 13.4. The number of anilines is 1. The third-order valence-electron chi connectivity index (χ3n) is 6.70. The van der Waals surface area contributed by atoms with E-state index < -0.39 is 17.8 Å². The normalized spacial score (nSPS) is 15.2. The smallest absolute Gasteiger partial charge is 0.276 e. The number of hydrogen-bond acceptors (Lipinski definition) is 6. The number of nitrogens with zero attached hydrogens (tertiary/aromatic N) is 4. The molecule has 2 amide bonds. The van der Waals surface area contributed by atoms with Crippen molar-refractivity contribution >= 4 is 28.5 Å². The van der Waals surface area contributed by atoms with Gasteiger partial charge in [-0.3, -0.25) is 9.59 Å². The van der Waals surface area contributed by atoms with Gasteiger partial charge < -0.3 is 20.2 Å². The van der Waals surface area contributed by atoms with Crippen molar-refractivity contribution in [3.63, 3.8) is 0 Å². The SMILES string of the molecule is CCN(c1ccc(F)cc1)C1CCN(C(=O)[C@@H](NC(=O)c2nc3ccccc3nc2O)C(C)C)CC1. The number of piperidine rings is 1. The Bertz CT molecular complexity index is 1230. The number of hydrogen-bond donors (Lipinski definition) is 2. The molecule has 36 heavy (non-hydrogen) atoms. The highest BCUT2D eigenvalue weighted by Gasteiger charge is 2.33. The highest BCUT2D eigenvalue weighted by molar-refractivity contribution is 5.99. The standard InChI is InChI=1S/C27H32FN5O3/c1-4-33(19-11-9-18(28)10-12-19)20-13-15-32(16-14-20)27(36)23(17(2)3)31-26(35)24-25(34)30-22-8-6-5-7-21(22)29-24/h5-12,17,20,23H,4,13-16H2,1-3H3,(H,30,34)(H,31,35)/t23-/m0/s1. The van der Waals surface area contributed by atoms with Crippen molar-refractivity contribution < 1.29 is 19.1 Å². The van der Waals surface area contributed by atoms with E-state index in [2.05, 4.69) is 27.1 Å². The Labute approximate surface area is 210 Å². The summed E-state index contributed by atoms with van der Waals surface area (Å²) in [6.07, 6.45) is 1.54. The lowest BCUT2D eigenvalue weighted by atomic mass is 9.98. The molecule has 1 aliphatic heterocycles. The second-order valence-electron chi connectivity index (χ2n) is 9.40. The van der Waals surface area contributed by atoms with Crippen molar-refractivity contribution in [3.8, 4) is 5.88 Å². The molecule has 1 fully saturated rings. The Morgan fingerprint density at radius 1 is 1.08 bits per heavy atom. The van der Waals surface area contributed by atoms with E-state index in [1.165, 1.54) is 12.1 Å². The zero-order valence-corrected chi connectivity index (χ0v) is 20.8. The van der Waals surface area contributed by atoms with Crippen molar-refractivity contribution in [2.75, 3.05) is 24.5 Å². The van der Waals surface area contributed by atoms with Crippen LogP contribution in [0.2, 0.25) is 0 Å². The van der Waals surface area contributed by atoms with E-state index >= 15 is 0 Å². The lowest BCUT2D eigenvalue weighted by molar-refractivity contribution is -0.135. The first kappa shape index (κ1) is 25.3. The first-order valence-corrected chi connectivity index (χ1v) is 12.4. The third kappa shape index (κ3) is 5.40. The summed E-state index contributed by atoms with van der Waals surface area (Å²) in [5.41, 5.74) is 1.72. The number of para-hydroxylation sites is 2. The second kappa shape index (κ2) is 10.9. The summed E-state index contributed by atoms with van der Waals surface area (Å²) in [6, 6.07) is 12.9. The zero-order valence-electron chi connectivity index (χ0n) is 20.8. The van der Waals surface area contributed by atoms with E-state index in [4.69, 9.17) is 0 Å². The molecule has 0 spiro atoms. The molecular weight excluding hydrogens is 461 g/mol. The van der Waals surface area contributed by atoms with Gasteiger partial charge in [-0.15, -0.1) is 0 Å². The van der Waals surface area contributed by atoms with E-state index in [-0.39, 0.29) is 29.4 Å². The lowest BCUT2D eigenvalue weighted by Gasteiger charge is -2.40. The Morgan fingerprint density at radius 2 is 1.69 bits per heavy atom. The largest absolute Gasteiger partial charge is 0.492 e. The topological polar surface area (TPSA) is 98.7 Å². The van der Waals surface area contributed by atoms with E-state index in [0.29, 0.717) is 24.1 Å². The van der Waals surface area contributed by atoms with Crippen molar-refractivity contribution in [2.45, 2.75) is 45.7 Å². The van der Waals surface area contributed by atoms with Gasteiger partial charge in [-0.25, -0.2) is 14.4 Å². The van der Waals surface area contributed by atoms with Gasteiger partial charge in [0.1, 0.15) is 11.9 Å². The maximum atomic E-state index is 13.4. The molecule has 190 valence electrons. The van der Waals surface area contributed by atoms with Gasteiger partial charge in [0.2, 0.25) is 11.8 Å². The van der Waals surface area contributed by atoms with Gasteiger partial charge in [-0.05, 0) is 62.1 Å². The molecule has 1 aliphatic rings. The predicted octanol–water partition coefficient (Wildman–Crippen LogP) is 3.75. The number of fused-ring (bicyclic) bond motifs is 1. The summed E-state index contributed by atoms with van der Waals surface area (Å²) in [5, 5.41) is 13.0. The number of likely N-dealkylation sites (tertiary alicyclic amines) is 1. The molecule has 4 rings (SSSR count). The molecule has 0 saturated carbocycles. The number of rotatable bonds is 7. The number of carbonyl (C=O) groups is 2. The second-order valence-corrected chi connectivity index (χ2v) is 9.40. The Morgan fingerprint density at radius 3 is 2.28 bits per heavy atom. The lowest BCUT2D eigenvalue weighted by Crippen LogP contribution is -2.55. The van der Waals surface area contributed by atoms with Crippen LogP contribution in [-0.2, 0) is 4.79 Å². The van der Waals surface area contributed by atoms with E-state index in [9.17, 15) is 19.1 Å². The van der Waals surface area contributed by atoms with Crippen molar-refractivity contribution in [3.05, 3.63) is 60.0 Å². The van der Waals surface area contributed by atoms with Crippen LogP contribution >= 0.6 is 0 Å². The van der Waals surface area contributed by atoms with Crippen molar-refractivity contribution in [1.29, 1.82) is 0 Å². The van der Waals surface area contributed by atoms with Crippen LogP contribution in [0.5, 0.6) is 5.88 Å². The summed E-state index contributed by atoms with van der Waals surface area (Å²) in [6.45, 7) is 7.70. The zero-order chi connectivity index (χ0) is 25.8. The molecular formula is C27H32FN5O3. The minimum atomic E-state index is -0.763. The van der Waals surface area contributed by atoms with Gasteiger partial charge in [-0.2, -0.15) is 0 Å². The van der Waals surface area contributed by atoms with Gasteiger partial charge >= 0.3 is 0 Å². The molecule has 1 saturated heterocycles. The van der Waals surface area contributed by atoms with Crippen LogP contribution in [0.3, 0.4) is 0 Å². The van der Waals surface area contributed by atoms with Crippen LogP contribution in [-0.4, -0.2) is 63.5 Å². The molecule has 0 bridgehead atoms. The molecule has 9 heteroatoms. The van der Waals surface area contributed by atoms with Gasteiger partial charge in [0.05, 0.1) is 11.0 Å².